The molecule has 0 aromatic heterocycles. The van der Waals surface area contributed by atoms with Crippen LogP contribution in [0.5, 0.6) is 11.5 Å². The summed E-state index contributed by atoms with van der Waals surface area (Å²) in [5, 5.41) is 0. The first-order chi connectivity index (χ1) is 9.73. The van der Waals surface area contributed by atoms with E-state index in [1.165, 1.54) is 11.1 Å². The van der Waals surface area contributed by atoms with E-state index in [9.17, 15) is 0 Å². The zero-order chi connectivity index (χ0) is 14.5. The Hall–Kier alpha value is -1.96. The van der Waals surface area contributed by atoms with Gasteiger partial charge >= 0.3 is 0 Å². The van der Waals surface area contributed by atoms with E-state index in [0.29, 0.717) is 0 Å². The summed E-state index contributed by atoms with van der Waals surface area (Å²) in [6.07, 6.45) is 1.95. The van der Waals surface area contributed by atoms with Crippen molar-refractivity contribution in [2.24, 2.45) is 0 Å². The van der Waals surface area contributed by atoms with Crippen LogP contribution < -0.4 is 9.47 Å². The molecule has 2 rings (SSSR count). The van der Waals surface area contributed by atoms with Crippen molar-refractivity contribution in [2.75, 3.05) is 14.2 Å². The Balaban J connectivity index is 2.50. The minimum absolute atomic E-state index is 0.890. The number of rotatable bonds is 5. The van der Waals surface area contributed by atoms with E-state index < -0.39 is 0 Å². The lowest BCUT2D eigenvalue weighted by Gasteiger charge is -2.14. The molecule has 0 saturated carbocycles. The minimum Gasteiger partial charge on any atom is -0.496 e. The summed E-state index contributed by atoms with van der Waals surface area (Å²) in [6.45, 7) is 4.27. The molecular formula is C18H22O2. The smallest absolute Gasteiger partial charge is 0.126 e. The van der Waals surface area contributed by atoms with E-state index in [1.807, 2.05) is 0 Å². The van der Waals surface area contributed by atoms with Crippen molar-refractivity contribution in [3.8, 4) is 22.6 Å². The van der Waals surface area contributed by atoms with Gasteiger partial charge in [0.1, 0.15) is 11.5 Å². The Kier molecular flexibility index (Phi) is 4.67. The van der Waals surface area contributed by atoms with E-state index in [1.54, 1.807) is 14.2 Å². The van der Waals surface area contributed by atoms with Crippen molar-refractivity contribution < 1.29 is 9.47 Å². The highest BCUT2D eigenvalue weighted by Gasteiger charge is 2.11. The zero-order valence-electron chi connectivity index (χ0n) is 12.7. The van der Waals surface area contributed by atoms with Crippen LogP contribution in [0.15, 0.2) is 36.4 Å². The molecule has 0 atom stereocenters. The standard InChI is InChI=1S/C18H22O2/c1-5-13-7-9-14(10-8-13)15-11-17(19-3)16(6-2)18(12-15)20-4/h7-12H,5-6H2,1-4H3. The molecule has 0 N–H and O–H groups in total. The van der Waals surface area contributed by atoms with Gasteiger partial charge in [-0.1, -0.05) is 38.1 Å². The second kappa shape index (κ2) is 6.47. The minimum atomic E-state index is 0.890. The maximum absolute atomic E-state index is 5.51. The fourth-order valence-electron chi connectivity index (χ4n) is 2.43. The lowest BCUT2D eigenvalue weighted by molar-refractivity contribution is 0.386. The van der Waals surface area contributed by atoms with Crippen LogP contribution in [0.3, 0.4) is 0 Å². The van der Waals surface area contributed by atoms with Gasteiger partial charge in [-0.25, -0.2) is 0 Å². The van der Waals surface area contributed by atoms with E-state index in [4.69, 9.17) is 9.47 Å². The Bertz CT molecular complexity index is 545. The van der Waals surface area contributed by atoms with Gasteiger partial charge in [0, 0.05) is 5.56 Å². The third kappa shape index (κ3) is 2.79. The molecule has 2 nitrogen and oxygen atoms in total. The van der Waals surface area contributed by atoms with E-state index in [0.717, 1.165) is 35.5 Å². The van der Waals surface area contributed by atoms with Gasteiger partial charge in [-0.2, -0.15) is 0 Å². The SMILES string of the molecule is CCc1ccc(-c2cc(OC)c(CC)c(OC)c2)cc1. The highest BCUT2D eigenvalue weighted by Crippen LogP contribution is 2.35. The summed E-state index contributed by atoms with van der Waals surface area (Å²) >= 11 is 0. The topological polar surface area (TPSA) is 18.5 Å². The van der Waals surface area contributed by atoms with Crippen LogP contribution in [0.4, 0.5) is 0 Å². The highest BCUT2D eigenvalue weighted by molar-refractivity contribution is 5.69. The Morgan fingerprint density at radius 1 is 0.750 bits per heavy atom. The monoisotopic (exact) mass is 270 g/mol. The molecule has 0 radical (unpaired) electrons. The van der Waals surface area contributed by atoms with Crippen molar-refractivity contribution in [3.63, 3.8) is 0 Å². The summed E-state index contributed by atoms with van der Waals surface area (Å²) in [5.41, 5.74) is 4.77. The zero-order valence-corrected chi connectivity index (χ0v) is 12.7. The second-order valence-electron chi connectivity index (χ2n) is 4.76. The van der Waals surface area contributed by atoms with Crippen LogP contribution in [0.1, 0.15) is 25.0 Å². The Morgan fingerprint density at radius 2 is 1.30 bits per heavy atom. The van der Waals surface area contributed by atoms with Gasteiger partial charge in [0.2, 0.25) is 0 Å². The van der Waals surface area contributed by atoms with Gasteiger partial charge in [-0.3, -0.25) is 0 Å². The third-order valence-corrected chi connectivity index (χ3v) is 3.66. The fraction of sp³-hybridized carbons (Fsp3) is 0.333. The number of ether oxygens (including phenoxy) is 2. The fourth-order valence-corrected chi connectivity index (χ4v) is 2.43. The summed E-state index contributed by atoms with van der Waals surface area (Å²) in [4.78, 5) is 0. The van der Waals surface area contributed by atoms with Crippen LogP contribution in [0.2, 0.25) is 0 Å². The molecule has 2 aromatic carbocycles. The molecule has 0 aliphatic heterocycles. The van der Waals surface area contributed by atoms with Crippen molar-refractivity contribution in [1.82, 2.24) is 0 Å². The number of hydrogen-bond acceptors (Lipinski definition) is 2. The van der Waals surface area contributed by atoms with Gasteiger partial charge in [0.25, 0.3) is 0 Å². The summed E-state index contributed by atoms with van der Waals surface area (Å²) in [7, 11) is 3.41. The van der Waals surface area contributed by atoms with E-state index >= 15 is 0 Å². The third-order valence-electron chi connectivity index (χ3n) is 3.66. The summed E-state index contributed by atoms with van der Waals surface area (Å²) in [5.74, 6) is 1.78. The van der Waals surface area contributed by atoms with Crippen molar-refractivity contribution >= 4 is 0 Å². The molecule has 0 amide bonds. The first-order valence-corrected chi connectivity index (χ1v) is 7.07. The van der Waals surface area contributed by atoms with Gasteiger partial charge in [-0.05, 0) is 41.7 Å². The summed E-state index contributed by atoms with van der Waals surface area (Å²) < 4.78 is 11.0. The first kappa shape index (κ1) is 14.4. The molecule has 106 valence electrons. The van der Waals surface area contributed by atoms with Crippen molar-refractivity contribution in [1.29, 1.82) is 0 Å². The molecular weight excluding hydrogens is 248 g/mol. The van der Waals surface area contributed by atoms with Gasteiger partial charge in [0.15, 0.2) is 0 Å². The quantitative estimate of drug-likeness (QED) is 0.796. The largest absolute Gasteiger partial charge is 0.496 e. The molecule has 0 heterocycles. The number of benzene rings is 2. The van der Waals surface area contributed by atoms with Gasteiger partial charge < -0.3 is 9.47 Å². The molecule has 2 heteroatoms. The van der Waals surface area contributed by atoms with Crippen LogP contribution in [0, 0.1) is 0 Å². The Labute approximate surface area is 121 Å². The van der Waals surface area contributed by atoms with Crippen LogP contribution in [-0.2, 0) is 12.8 Å². The molecule has 0 fully saturated rings. The number of aryl methyl sites for hydroxylation is 1. The molecule has 0 unspecified atom stereocenters. The van der Waals surface area contributed by atoms with Crippen molar-refractivity contribution in [2.45, 2.75) is 26.7 Å². The number of methoxy groups -OCH3 is 2. The molecule has 0 saturated heterocycles. The van der Waals surface area contributed by atoms with Gasteiger partial charge in [-0.15, -0.1) is 0 Å². The highest BCUT2D eigenvalue weighted by atomic mass is 16.5. The van der Waals surface area contributed by atoms with Gasteiger partial charge in [0.05, 0.1) is 14.2 Å². The van der Waals surface area contributed by atoms with Crippen LogP contribution >= 0.6 is 0 Å². The van der Waals surface area contributed by atoms with Crippen LogP contribution in [-0.4, -0.2) is 14.2 Å². The summed E-state index contributed by atoms with van der Waals surface area (Å²) in [6, 6.07) is 12.8. The molecule has 0 aliphatic carbocycles. The molecule has 2 aromatic rings. The normalized spacial score (nSPS) is 10.4. The molecule has 0 aliphatic rings. The molecule has 0 spiro atoms. The first-order valence-electron chi connectivity index (χ1n) is 7.07. The maximum Gasteiger partial charge on any atom is 0.126 e. The average molecular weight is 270 g/mol. The lowest BCUT2D eigenvalue weighted by atomic mass is 9.99. The predicted octanol–water partition coefficient (Wildman–Crippen LogP) is 4.50. The maximum atomic E-state index is 5.51. The van der Waals surface area contributed by atoms with Crippen LogP contribution in [0.25, 0.3) is 11.1 Å². The van der Waals surface area contributed by atoms with E-state index in [-0.39, 0.29) is 0 Å². The lowest BCUT2D eigenvalue weighted by Crippen LogP contribution is -1.96. The average Bonchev–Trinajstić information content (AvgIpc) is 2.53. The predicted molar refractivity (Wildman–Crippen MR) is 83.7 cm³/mol. The van der Waals surface area contributed by atoms with E-state index in [2.05, 4.69) is 50.2 Å². The molecule has 0 bridgehead atoms. The van der Waals surface area contributed by atoms with Crippen molar-refractivity contribution in [3.05, 3.63) is 47.5 Å². The molecule has 20 heavy (non-hydrogen) atoms. The second-order valence-corrected chi connectivity index (χ2v) is 4.76. The Morgan fingerprint density at radius 3 is 1.70 bits per heavy atom. The number of hydrogen-bond donors (Lipinski definition) is 0.